The highest BCUT2D eigenvalue weighted by atomic mass is 35.5. The molecule has 1 atom stereocenters. The van der Waals surface area contributed by atoms with E-state index in [9.17, 15) is 10.1 Å². The molecule has 136 valence electrons. The molecule has 0 spiro atoms. The summed E-state index contributed by atoms with van der Waals surface area (Å²) in [4.78, 5) is 14.1. The van der Waals surface area contributed by atoms with Gasteiger partial charge in [-0.15, -0.1) is 21.5 Å². The number of benzene rings is 1. The first-order valence-corrected chi connectivity index (χ1v) is 9.76. The lowest BCUT2D eigenvalue weighted by molar-refractivity contribution is 0.102. The summed E-state index contributed by atoms with van der Waals surface area (Å²) in [6.45, 7) is 2.21. The molecule has 0 aliphatic heterocycles. The van der Waals surface area contributed by atoms with E-state index < -0.39 is 0 Å². The summed E-state index contributed by atoms with van der Waals surface area (Å²) in [5, 5.41) is 21.0. The zero-order valence-corrected chi connectivity index (χ0v) is 16.1. The Labute approximate surface area is 165 Å². The smallest absolute Gasteiger partial charge is 0.257 e. The number of carbonyl (C=O) groups is 1. The first-order chi connectivity index (χ1) is 13.1. The molecule has 8 heteroatoms. The molecule has 2 aromatic heterocycles. The molecule has 1 aliphatic carbocycles. The molecule has 0 saturated heterocycles. The lowest BCUT2D eigenvalue weighted by Gasteiger charge is -2.17. The zero-order chi connectivity index (χ0) is 19.0. The van der Waals surface area contributed by atoms with Crippen molar-refractivity contribution in [2.24, 2.45) is 5.92 Å². The molecule has 0 saturated carbocycles. The van der Waals surface area contributed by atoms with E-state index in [1.54, 1.807) is 35.4 Å². The van der Waals surface area contributed by atoms with Crippen LogP contribution in [0.4, 0.5) is 5.00 Å². The maximum atomic E-state index is 12.9. The average Bonchev–Trinajstić information content (AvgIpc) is 3.29. The first kappa shape index (κ1) is 17.7. The second kappa shape index (κ2) is 7.14. The molecule has 6 nitrogen and oxygen atoms in total. The number of aromatic nitrogens is 3. The van der Waals surface area contributed by atoms with Gasteiger partial charge in [-0.25, -0.2) is 0 Å². The summed E-state index contributed by atoms with van der Waals surface area (Å²) in [6.07, 6.45) is 6.00. The largest absolute Gasteiger partial charge is 0.312 e. The maximum Gasteiger partial charge on any atom is 0.257 e. The molecule has 0 fully saturated rings. The van der Waals surface area contributed by atoms with E-state index >= 15 is 0 Å². The molecular weight excluding hydrogens is 382 g/mol. The molecular formula is C19H16ClN5OS. The Kier molecular flexibility index (Phi) is 4.68. The number of fused-ring (bicyclic) bond motifs is 1. The number of nitrogens with one attached hydrogen (secondary N) is 1. The van der Waals surface area contributed by atoms with E-state index in [2.05, 4.69) is 28.5 Å². The van der Waals surface area contributed by atoms with E-state index in [0.29, 0.717) is 27.1 Å². The predicted octanol–water partition coefficient (Wildman–Crippen LogP) is 4.23. The SMILES string of the molecule is C[C@@H]1CCc2c(sc(NC(=O)c3cc(-n4cnnc4)ccc3Cl)c2C#N)C1. The number of amides is 1. The van der Waals surface area contributed by atoms with Crippen LogP contribution >= 0.6 is 22.9 Å². The van der Waals surface area contributed by atoms with Gasteiger partial charge in [0, 0.05) is 10.6 Å². The summed E-state index contributed by atoms with van der Waals surface area (Å²) in [6, 6.07) is 7.40. The third-order valence-corrected chi connectivity index (χ3v) is 6.26. The molecule has 0 radical (unpaired) electrons. The summed E-state index contributed by atoms with van der Waals surface area (Å²) >= 11 is 7.75. The highest BCUT2D eigenvalue weighted by Crippen LogP contribution is 2.39. The van der Waals surface area contributed by atoms with Crippen LogP contribution < -0.4 is 5.32 Å². The zero-order valence-electron chi connectivity index (χ0n) is 14.6. The molecule has 3 aromatic rings. The van der Waals surface area contributed by atoms with Crippen molar-refractivity contribution in [1.29, 1.82) is 5.26 Å². The predicted molar refractivity (Wildman–Crippen MR) is 105 cm³/mol. The van der Waals surface area contributed by atoms with Crippen molar-refractivity contribution in [3.63, 3.8) is 0 Å². The molecule has 0 unspecified atom stereocenters. The standard InChI is InChI=1S/C19H16ClN5OS/c1-11-2-4-13-15(8-21)19(27-17(13)6-11)24-18(26)14-7-12(3-5-16(14)20)25-9-22-23-10-25/h3,5,7,9-11H,2,4,6H2,1H3,(H,24,26)/t11-/m1/s1. The van der Waals surface area contributed by atoms with Crippen molar-refractivity contribution in [3.05, 3.63) is 57.4 Å². The third kappa shape index (κ3) is 3.34. The van der Waals surface area contributed by atoms with E-state index in [4.69, 9.17) is 11.6 Å². The molecule has 0 bridgehead atoms. The van der Waals surface area contributed by atoms with Gasteiger partial charge in [0.1, 0.15) is 23.7 Å². The normalized spacial score (nSPS) is 15.8. The van der Waals surface area contributed by atoms with Crippen LogP contribution in [0.2, 0.25) is 5.02 Å². The molecule has 1 amide bonds. The van der Waals surface area contributed by atoms with E-state index in [1.807, 2.05) is 0 Å². The van der Waals surface area contributed by atoms with Crippen molar-refractivity contribution in [2.45, 2.75) is 26.2 Å². The summed E-state index contributed by atoms with van der Waals surface area (Å²) in [5.41, 5.74) is 2.74. The van der Waals surface area contributed by atoms with Crippen LogP contribution in [0.1, 0.15) is 39.7 Å². The first-order valence-electron chi connectivity index (χ1n) is 8.57. The van der Waals surface area contributed by atoms with Gasteiger partial charge in [-0.2, -0.15) is 5.26 Å². The third-order valence-electron chi connectivity index (χ3n) is 4.76. The Hall–Kier alpha value is -2.69. The number of anilines is 1. The lowest BCUT2D eigenvalue weighted by Crippen LogP contribution is -2.13. The maximum absolute atomic E-state index is 12.9. The average molecular weight is 398 g/mol. The molecule has 4 rings (SSSR count). The van der Waals surface area contributed by atoms with Gasteiger partial charge in [0.15, 0.2) is 0 Å². The minimum atomic E-state index is -0.335. The Morgan fingerprint density at radius 1 is 1.41 bits per heavy atom. The Morgan fingerprint density at radius 2 is 2.19 bits per heavy atom. The van der Waals surface area contributed by atoms with Gasteiger partial charge in [-0.3, -0.25) is 9.36 Å². The number of nitrogens with zero attached hydrogens (tertiary/aromatic N) is 4. The molecule has 1 aromatic carbocycles. The minimum Gasteiger partial charge on any atom is -0.312 e. The van der Waals surface area contributed by atoms with Gasteiger partial charge in [-0.1, -0.05) is 18.5 Å². The van der Waals surface area contributed by atoms with Crippen molar-refractivity contribution >= 4 is 33.8 Å². The Bertz CT molecular complexity index is 1050. The van der Waals surface area contributed by atoms with Crippen LogP contribution in [0, 0.1) is 17.2 Å². The number of carbonyl (C=O) groups excluding carboxylic acids is 1. The van der Waals surface area contributed by atoms with E-state index in [-0.39, 0.29) is 5.91 Å². The quantitative estimate of drug-likeness (QED) is 0.716. The highest BCUT2D eigenvalue weighted by Gasteiger charge is 2.25. The van der Waals surface area contributed by atoms with Crippen LogP contribution in [0.15, 0.2) is 30.9 Å². The van der Waals surface area contributed by atoms with Gasteiger partial charge in [0.05, 0.1) is 16.1 Å². The second-order valence-electron chi connectivity index (χ2n) is 6.66. The van der Waals surface area contributed by atoms with Crippen molar-refractivity contribution in [1.82, 2.24) is 14.8 Å². The fourth-order valence-corrected chi connectivity index (χ4v) is 4.87. The number of hydrogen-bond donors (Lipinski definition) is 1. The fraction of sp³-hybridized carbons (Fsp3) is 0.263. The second-order valence-corrected chi connectivity index (χ2v) is 8.17. The van der Waals surface area contributed by atoms with Gasteiger partial charge in [0.2, 0.25) is 0 Å². The number of nitriles is 1. The van der Waals surface area contributed by atoms with Gasteiger partial charge < -0.3 is 5.32 Å². The van der Waals surface area contributed by atoms with Crippen LogP contribution in [-0.4, -0.2) is 20.7 Å². The lowest BCUT2D eigenvalue weighted by atomic mass is 9.88. The van der Waals surface area contributed by atoms with E-state index in [1.165, 1.54) is 16.2 Å². The molecule has 1 aliphatic rings. The number of rotatable bonds is 3. The van der Waals surface area contributed by atoms with Crippen molar-refractivity contribution in [3.8, 4) is 11.8 Å². The van der Waals surface area contributed by atoms with Gasteiger partial charge in [0.25, 0.3) is 5.91 Å². The molecule has 2 heterocycles. The van der Waals surface area contributed by atoms with Crippen LogP contribution in [0.5, 0.6) is 0 Å². The van der Waals surface area contributed by atoms with Crippen molar-refractivity contribution < 1.29 is 4.79 Å². The molecule has 27 heavy (non-hydrogen) atoms. The van der Waals surface area contributed by atoms with Crippen LogP contribution in [0.3, 0.4) is 0 Å². The fourth-order valence-electron chi connectivity index (χ4n) is 3.31. The number of halogens is 1. The molecule has 1 N–H and O–H groups in total. The Balaban J connectivity index is 1.66. The summed E-state index contributed by atoms with van der Waals surface area (Å²) in [7, 11) is 0. The Morgan fingerprint density at radius 3 is 2.93 bits per heavy atom. The van der Waals surface area contributed by atoms with Crippen LogP contribution in [-0.2, 0) is 12.8 Å². The summed E-state index contributed by atoms with van der Waals surface area (Å²) in [5.74, 6) is 0.263. The monoisotopic (exact) mass is 397 g/mol. The summed E-state index contributed by atoms with van der Waals surface area (Å²) < 4.78 is 1.69. The van der Waals surface area contributed by atoms with Crippen molar-refractivity contribution in [2.75, 3.05) is 5.32 Å². The minimum absolute atomic E-state index is 0.335. The number of thiophene rings is 1. The van der Waals surface area contributed by atoms with Gasteiger partial charge in [-0.05, 0) is 48.9 Å². The van der Waals surface area contributed by atoms with E-state index in [0.717, 1.165) is 30.5 Å². The highest BCUT2D eigenvalue weighted by molar-refractivity contribution is 7.16. The van der Waals surface area contributed by atoms with Gasteiger partial charge >= 0.3 is 0 Å². The number of hydrogen-bond acceptors (Lipinski definition) is 5. The van der Waals surface area contributed by atoms with Crippen LogP contribution in [0.25, 0.3) is 5.69 Å². The topological polar surface area (TPSA) is 83.6 Å².